The molecule has 0 radical (unpaired) electrons. The van der Waals surface area contributed by atoms with Gasteiger partial charge in [-0.2, -0.15) is 0 Å². The van der Waals surface area contributed by atoms with Crippen molar-refractivity contribution >= 4 is 29.1 Å². The Morgan fingerprint density at radius 1 is 1.13 bits per heavy atom. The van der Waals surface area contributed by atoms with Crippen molar-refractivity contribution < 1.29 is 19.1 Å². The highest BCUT2D eigenvalue weighted by Gasteiger charge is 2.46. The van der Waals surface area contributed by atoms with Crippen LogP contribution in [-0.2, 0) is 14.3 Å². The highest BCUT2D eigenvalue weighted by Crippen LogP contribution is 2.41. The number of carbonyl (C=O) groups excluding carboxylic acids is 3. The molecule has 0 bridgehead atoms. The third kappa shape index (κ3) is 4.22. The highest BCUT2D eigenvalue weighted by atomic mass is 32.1. The molecule has 168 valence electrons. The second kappa shape index (κ2) is 9.02. The topological polar surface area (TPSA) is 70.2 Å². The van der Waals surface area contributed by atoms with E-state index in [4.69, 9.17) is 4.74 Å². The van der Waals surface area contributed by atoms with Gasteiger partial charge < -0.3 is 19.4 Å². The quantitative estimate of drug-likeness (QED) is 0.527. The first-order chi connectivity index (χ1) is 14.9. The Morgan fingerprint density at radius 3 is 2.48 bits per heavy atom. The second-order valence-electron chi connectivity index (χ2n) is 8.85. The zero-order valence-corrected chi connectivity index (χ0v) is 19.3. The Morgan fingerprint density at radius 2 is 1.84 bits per heavy atom. The maximum absolute atomic E-state index is 13.3. The van der Waals surface area contributed by atoms with E-state index in [0.29, 0.717) is 26.2 Å². The number of nitrogens with zero attached hydrogens (tertiary/aromatic N) is 3. The van der Waals surface area contributed by atoms with Gasteiger partial charge in [-0.15, -0.1) is 11.3 Å². The molecule has 0 aromatic carbocycles. The highest BCUT2D eigenvalue weighted by molar-refractivity contribution is 7.12. The van der Waals surface area contributed by atoms with Gasteiger partial charge in [0.15, 0.2) is 0 Å². The van der Waals surface area contributed by atoms with Crippen LogP contribution in [0.15, 0.2) is 28.8 Å². The molecule has 1 saturated heterocycles. The monoisotopic (exact) mass is 445 g/mol. The van der Waals surface area contributed by atoms with E-state index in [1.54, 1.807) is 18.7 Å². The maximum atomic E-state index is 13.3. The van der Waals surface area contributed by atoms with Gasteiger partial charge in [-0.3, -0.25) is 9.59 Å². The van der Waals surface area contributed by atoms with E-state index in [0.717, 1.165) is 36.3 Å². The number of likely N-dealkylation sites (N-methyl/N-ethyl adjacent to an activating group) is 1. The number of thiophene rings is 1. The van der Waals surface area contributed by atoms with Gasteiger partial charge in [-0.25, -0.2) is 4.79 Å². The number of piperazine rings is 1. The average molecular weight is 446 g/mol. The Bertz CT molecular complexity index is 871. The molecule has 1 aliphatic carbocycles. The van der Waals surface area contributed by atoms with Crippen molar-refractivity contribution in [2.45, 2.75) is 51.7 Å². The average Bonchev–Trinajstić information content (AvgIpc) is 3.30. The summed E-state index contributed by atoms with van der Waals surface area (Å²) in [5.74, 6) is -0.562. The normalized spacial score (nSPS) is 24.5. The number of carbonyl (C=O) groups is 3. The van der Waals surface area contributed by atoms with Crippen molar-refractivity contribution in [3.63, 3.8) is 0 Å². The third-order valence-electron chi connectivity index (χ3n) is 6.55. The number of hydrogen-bond acceptors (Lipinski definition) is 6. The van der Waals surface area contributed by atoms with E-state index in [9.17, 15) is 14.4 Å². The Hall–Kier alpha value is -2.35. The van der Waals surface area contributed by atoms with Crippen LogP contribution in [0.3, 0.4) is 0 Å². The van der Waals surface area contributed by atoms with Crippen LogP contribution in [0, 0.1) is 5.92 Å². The molecule has 1 aromatic heterocycles. The molecule has 0 N–H and O–H groups in total. The number of fused-ring (bicyclic) bond motifs is 1. The van der Waals surface area contributed by atoms with Crippen LogP contribution in [0.1, 0.15) is 49.2 Å². The van der Waals surface area contributed by atoms with E-state index in [1.807, 2.05) is 29.5 Å². The molecule has 2 fully saturated rings. The molecule has 8 heteroatoms. The van der Waals surface area contributed by atoms with Crippen molar-refractivity contribution in [3.05, 3.63) is 33.7 Å². The van der Waals surface area contributed by atoms with Crippen LogP contribution < -0.4 is 0 Å². The molecule has 4 rings (SSSR count). The molecule has 2 aliphatic heterocycles. The van der Waals surface area contributed by atoms with Crippen molar-refractivity contribution in [1.29, 1.82) is 0 Å². The van der Waals surface area contributed by atoms with Gasteiger partial charge in [-0.05, 0) is 38.1 Å². The molecule has 31 heavy (non-hydrogen) atoms. The van der Waals surface area contributed by atoms with E-state index >= 15 is 0 Å². The fourth-order valence-electron chi connectivity index (χ4n) is 5.08. The summed E-state index contributed by atoms with van der Waals surface area (Å²) in [6, 6.07) is 3.86. The summed E-state index contributed by atoms with van der Waals surface area (Å²) in [6.07, 6.45) is 3.82. The van der Waals surface area contributed by atoms with E-state index < -0.39 is 5.97 Å². The van der Waals surface area contributed by atoms with Crippen LogP contribution in [0.4, 0.5) is 0 Å². The maximum Gasteiger partial charge on any atom is 0.345 e. The predicted octanol–water partition coefficient (Wildman–Crippen LogP) is 2.74. The lowest BCUT2D eigenvalue weighted by atomic mass is 9.76. The van der Waals surface area contributed by atoms with Crippen LogP contribution in [0.2, 0.25) is 0 Å². The van der Waals surface area contributed by atoms with Gasteiger partial charge >= 0.3 is 5.97 Å². The minimum Gasteiger partial charge on any atom is -0.459 e. The first kappa shape index (κ1) is 21.9. The first-order valence-corrected chi connectivity index (χ1v) is 12.1. The van der Waals surface area contributed by atoms with Crippen LogP contribution in [0.5, 0.6) is 0 Å². The minimum atomic E-state index is -0.525. The fraction of sp³-hybridized carbons (Fsp3) is 0.609. The van der Waals surface area contributed by atoms with E-state index in [-0.39, 0.29) is 35.5 Å². The van der Waals surface area contributed by atoms with Gasteiger partial charge in [0, 0.05) is 50.9 Å². The van der Waals surface area contributed by atoms with Gasteiger partial charge in [0.1, 0.15) is 5.57 Å². The molecule has 3 heterocycles. The van der Waals surface area contributed by atoms with E-state index in [1.165, 1.54) is 11.3 Å². The zero-order valence-electron chi connectivity index (χ0n) is 18.5. The molecule has 1 saturated carbocycles. The molecule has 2 amide bonds. The molecule has 2 atom stereocenters. The summed E-state index contributed by atoms with van der Waals surface area (Å²) < 4.78 is 5.48. The number of esters is 1. The van der Waals surface area contributed by atoms with Crippen LogP contribution in [-0.4, -0.2) is 77.9 Å². The third-order valence-corrected chi connectivity index (χ3v) is 7.41. The Labute approximate surface area is 187 Å². The van der Waals surface area contributed by atoms with Gasteiger partial charge in [0.05, 0.1) is 11.0 Å². The smallest absolute Gasteiger partial charge is 0.345 e. The summed E-state index contributed by atoms with van der Waals surface area (Å²) in [5, 5.41) is 1.91. The lowest BCUT2D eigenvalue weighted by Gasteiger charge is -2.48. The minimum absolute atomic E-state index is 0.0538. The molecule has 7 nitrogen and oxygen atoms in total. The number of ether oxygens (including phenoxy) is 1. The summed E-state index contributed by atoms with van der Waals surface area (Å²) in [4.78, 5) is 45.5. The summed E-state index contributed by atoms with van der Waals surface area (Å²) in [5.41, 5.74) is 1.04. The van der Waals surface area contributed by atoms with Crippen LogP contribution >= 0.6 is 11.3 Å². The fourth-order valence-corrected chi connectivity index (χ4v) is 5.77. The number of rotatable bonds is 4. The lowest BCUT2D eigenvalue weighted by molar-refractivity contribution is -0.147. The van der Waals surface area contributed by atoms with Gasteiger partial charge in [0.2, 0.25) is 0 Å². The molecule has 3 aliphatic rings. The number of hydrogen-bond donors (Lipinski definition) is 0. The second-order valence-corrected chi connectivity index (χ2v) is 9.79. The van der Waals surface area contributed by atoms with Gasteiger partial charge in [-0.1, -0.05) is 18.9 Å². The molecule has 0 spiro atoms. The summed E-state index contributed by atoms with van der Waals surface area (Å²) in [6.45, 7) is 5.99. The standard InChI is InChI=1S/C23H31N3O4S/c1-15(2)30-23(29)19-20(16-7-4-5-8-17(16)24(3)22(19)28)25-10-12-26(13-11-25)21(27)18-9-6-14-31-18/h6,9,14-17H,4-5,7-8,10-13H2,1-3H3. The van der Waals surface area contributed by atoms with Crippen molar-refractivity contribution in [1.82, 2.24) is 14.7 Å². The van der Waals surface area contributed by atoms with Crippen molar-refractivity contribution in [2.75, 3.05) is 33.2 Å². The molecular formula is C23H31N3O4S. The van der Waals surface area contributed by atoms with Crippen molar-refractivity contribution in [2.24, 2.45) is 5.92 Å². The Balaban J connectivity index is 1.62. The number of amides is 2. The lowest BCUT2D eigenvalue weighted by Crippen LogP contribution is -2.56. The zero-order chi connectivity index (χ0) is 22.1. The summed E-state index contributed by atoms with van der Waals surface area (Å²) in [7, 11) is 1.81. The van der Waals surface area contributed by atoms with Crippen LogP contribution in [0.25, 0.3) is 0 Å². The van der Waals surface area contributed by atoms with E-state index in [2.05, 4.69) is 4.90 Å². The first-order valence-electron chi connectivity index (χ1n) is 11.2. The SMILES string of the molecule is CC(C)OC(=O)C1=C(N2CCN(C(=O)c3cccs3)CC2)C2CCCCC2N(C)C1=O. The largest absolute Gasteiger partial charge is 0.459 e. The molecule has 2 unspecified atom stereocenters. The molecular weight excluding hydrogens is 414 g/mol. The predicted molar refractivity (Wildman–Crippen MR) is 119 cm³/mol. The van der Waals surface area contributed by atoms with Gasteiger partial charge in [0.25, 0.3) is 11.8 Å². The van der Waals surface area contributed by atoms with Crippen molar-refractivity contribution in [3.8, 4) is 0 Å². The molecule has 1 aromatic rings. The Kier molecular flexibility index (Phi) is 6.36. The summed E-state index contributed by atoms with van der Waals surface area (Å²) >= 11 is 1.45.